The number of ketones is 2. The highest BCUT2D eigenvalue weighted by atomic mass is 16.2. The molecule has 1 amide bonds. The second-order valence-electron chi connectivity index (χ2n) is 16.4. The quantitative estimate of drug-likeness (QED) is 0.379. The third-order valence-electron chi connectivity index (χ3n) is 13.4. The van der Waals surface area contributed by atoms with Gasteiger partial charge in [0.25, 0.3) is 0 Å². The molecule has 40 heavy (non-hydrogen) atoms. The summed E-state index contributed by atoms with van der Waals surface area (Å²) in [5.74, 6) is 0.603. The molecule has 2 unspecified atom stereocenters. The first-order chi connectivity index (χ1) is 18.4. The molecule has 3 saturated carbocycles. The van der Waals surface area contributed by atoms with Gasteiger partial charge in [-0.25, -0.2) is 0 Å². The van der Waals surface area contributed by atoms with Crippen molar-refractivity contribution in [2.24, 2.45) is 50.2 Å². The van der Waals surface area contributed by atoms with E-state index in [2.05, 4.69) is 40.7 Å². The summed E-state index contributed by atoms with van der Waals surface area (Å²) in [5, 5.41) is 9.93. The molecular weight excluding hydrogens is 496 g/mol. The molecule has 0 aliphatic heterocycles. The van der Waals surface area contributed by atoms with E-state index in [0.717, 1.165) is 56.9 Å². The van der Waals surface area contributed by atoms with Crippen molar-refractivity contribution in [1.29, 1.82) is 5.26 Å². The molecule has 0 aromatic rings. The standard InChI is InChI=1S/C35H50N2O3/c1-30(2)14-16-35(13-11-27(39)37(8)9)17-15-34(7)28(23(35)20-30)24(38)18-26-32(5)19-22(21-36)29(40)31(3,4)25(32)10-12-33(26,34)6/h18-19,23,25,28H,10-17,20H2,1-9H3/t23?,25-,28?,32-,33+,34+,35+/m0/s1. The number of rotatable bonds is 3. The molecule has 218 valence electrons. The lowest BCUT2D eigenvalue weighted by molar-refractivity contribution is -0.173. The Bertz CT molecular complexity index is 1260. The molecule has 5 heteroatoms. The SMILES string of the molecule is CN(C)C(=O)CC[C@]12CCC(C)(C)CC1C1C(=O)C=C3[C@@]4(C)C=C(C#N)C(=O)C(C)(C)[C@@H]4CC[C@@]3(C)[C@]1(C)CC2. The smallest absolute Gasteiger partial charge is 0.222 e. The Labute approximate surface area is 241 Å². The van der Waals surface area contributed by atoms with Gasteiger partial charge in [0.1, 0.15) is 6.07 Å². The van der Waals surface area contributed by atoms with Gasteiger partial charge in [0.05, 0.1) is 5.57 Å². The van der Waals surface area contributed by atoms with Crippen LogP contribution in [0.3, 0.4) is 0 Å². The van der Waals surface area contributed by atoms with Crippen molar-refractivity contribution in [2.75, 3.05) is 14.1 Å². The van der Waals surface area contributed by atoms with E-state index in [1.165, 1.54) is 0 Å². The molecule has 0 radical (unpaired) electrons. The minimum absolute atomic E-state index is 0.0248. The lowest BCUT2D eigenvalue weighted by atomic mass is 9.34. The van der Waals surface area contributed by atoms with E-state index in [1.54, 1.807) is 4.90 Å². The van der Waals surface area contributed by atoms with Gasteiger partial charge in [0, 0.05) is 37.3 Å². The molecule has 0 N–H and O–H groups in total. The first kappa shape index (κ1) is 29.3. The van der Waals surface area contributed by atoms with Gasteiger partial charge >= 0.3 is 0 Å². The minimum Gasteiger partial charge on any atom is -0.349 e. The predicted octanol–water partition coefficient (Wildman–Crippen LogP) is 7.07. The average molecular weight is 547 g/mol. The van der Waals surface area contributed by atoms with Crippen molar-refractivity contribution in [3.05, 3.63) is 23.3 Å². The minimum atomic E-state index is -0.647. The number of carbonyl (C=O) groups is 3. The monoisotopic (exact) mass is 546 g/mol. The topological polar surface area (TPSA) is 78.2 Å². The number of nitrogens with zero attached hydrogens (tertiary/aromatic N) is 2. The highest BCUT2D eigenvalue weighted by molar-refractivity contribution is 6.04. The van der Waals surface area contributed by atoms with Crippen molar-refractivity contribution < 1.29 is 14.4 Å². The van der Waals surface area contributed by atoms with Crippen molar-refractivity contribution in [3.8, 4) is 6.07 Å². The van der Waals surface area contributed by atoms with E-state index in [-0.39, 0.29) is 62.5 Å². The Hall–Kier alpha value is -2.22. The van der Waals surface area contributed by atoms with Crippen LogP contribution in [-0.4, -0.2) is 36.5 Å². The van der Waals surface area contributed by atoms with Gasteiger partial charge in [-0.3, -0.25) is 14.4 Å². The summed E-state index contributed by atoms with van der Waals surface area (Å²) in [6.45, 7) is 15.7. The Kier molecular flexibility index (Phi) is 6.51. The molecule has 0 bridgehead atoms. The number of Topliss-reactive ketones (excluding diaryl/α,β-unsaturated/α-hetero) is 1. The molecule has 0 heterocycles. The van der Waals surface area contributed by atoms with Crippen LogP contribution in [0, 0.1) is 61.6 Å². The zero-order chi connectivity index (χ0) is 29.7. The first-order valence-corrected chi connectivity index (χ1v) is 15.5. The van der Waals surface area contributed by atoms with E-state index in [1.807, 2.05) is 40.1 Å². The number of carbonyl (C=O) groups excluding carboxylic acids is 3. The zero-order valence-corrected chi connectivity index (χ0v) is 26.4. The van der Waals surface area contributed by atoms with Crippen molar-refractivity contribution in [3.63, 3.8) is 0 Å². The summed E-state index contributed by atoms with van der Waals surface area (Å²) >= 11 is 0. The lowest BCUT2D eigenvalue weighted by Gasteiger charge is -2.69. The van der Waals surface area contributed by atoms with Gasteiger partial charge in [-0.15, -0.1) is 0 Å². The third kappa shape index (κ3) is 3.80. The van der Waals surface area contributed by atoms with E-state index in [4.69, 9.17) is 0 Å². The summed E-state index contributed by atoms with van der Waals surface area (Å²) < 4.78 is 0. The fourth-order valence-corrected chi connectivity index (χ4v) is 10.8. The van der Waals surface area contributed by atoms with Crippen LogP contribution in [0.5, 0.6) is 0 Å². The van der Waals surface area contributed by atoms with Crippen LogP contribution < -0.4 is 0 Å². The van der Waals surface area contributed by atoms with E-state index in [0.29, 0.717) is 6.42 Å². The molecule has 5 aliphatic rings. The fraction of sp³-hybridized carbons (Fsp3) is 0.771. The number of allylic oxidation sites excluding steroid dienone is 4. The third-order valence-corrected chi connectivity index (χ3v) is 13.4. The maximum atomic E-state index is 14.6. The number of hydrogen-bond donors (Lipinski definition) is 0. The summed E-state index contributed by atoms with van der Waals surface area (Å²) in [7, 11) is 3.67. The summed E-state index contributed by atoms with van der Waals surface area (Å²) in [4.78, 5) is 42.3. The molecule has 3 fully saturated rings. The largest absolute Gasteiger partial charge is 0.349 e. The van der Waals surface area contributed by atoms with E-state index < -0.39 is 10.8 Å². The van der Waals surface area contributed by atoms with Gasteiger partial charge in [-0.2, -0.15) is 5.26 Å². The summed E-state index contributed by atoms with van der Waals surface area (Å²) in [6, 6.07) is 2.20. The van der Waals surface area contributed by atoms with Crippen molar-refractivity contribution in [1.82, 2.24) is 4.90 Å². The fourth-order valence-electron chi connectivity index (χ4n) is 10.8. The normalized spacial score (nSPS) is 43.1. The van der Waals surface area contributed by atoms with E-state index >= 15 is 0 Å². The summed E-state index contributed by atoms with van der Waals surface area (Å²) in [6.07, 6.45) is 12.5. The van der Waals surface area contributed by atoms with Gasteiger partial charge in [-0.05, 0) is 90.9 Å². The molecule has 7 atom stereocenters. The van der Waals surface area contributed by atoms with Gasteiger partial charge in [0.15, 0.2) is 11.6 Å². The highest BCUT2D eigenvalue weighted by Gasteiger charge is 2.69. The molecular formula is C35H50N2O3. The molecule has 0 aromatic heterocycles. The van der Waals surface area contributed by atoms with E-state index in [9.17, 15) is 19.6 Å². The van der Waals surface area contributed by atoms with Crippen LogP contribution in [0.2, 0.25) is 0 Å². The van der Waals surface area contributed by atoms with Crippen LogP contribution in [0.4, 0.5) is 0 Å². The lowest BCUT2D eigenvalue weighted by Crippen LogP contribution is -2.64. The second kappa shape index (κ2) is 8.89. The molecule has 5 nitrogen and oxygen atoms in total. The van der Waals surface area contributed by atoms with Crippen LogP contribution in [0.1, 0.15) is 106 Å². The van der Waals surface area contributed by atoms with Crippen LogP contribution in [0.15, 0.2) is 23.3 Å². The van der Waals surface area contributed by atoms with Gasteiger partial charge < -0.3 is 4.90 Å². The zero-order valence-electron chi connectivity index (χ0n) is 26.4. The predicted molar refractivity (Wildman–Crippen MR) is 157 cm³/mol. The number of hydrogen-bond acceptors (Lipinski definition) is 4. The van der Waals surface area contributed by atoms with Crippen LogP contribution in [0.25, 0.3) is 0 Å². The Balaban J connectivity index is 1.63. The Morgan fingerprint density at radius 3 is 2.27 bits per heavy atom. The molecule has 5 aliphatic carbocycles. The Morgan fingerprint density at radius 1 is 1.00 bits per heavy atom. The number of amides is 1. The molecule has 0 spiro atoms. The maximum absolute atomic E-state index is 14.6. The maximum Gasteiger partial charge on any atom is 0.222 e. The molecule has 5 rings (SSSR count). The summed E-state index contributed by atoms with van der Waals surface area (Å²) in [5.41, 5.74) is 0.0409. The van der Waals surface area contributed by atoms with Gasteiger partial charge in [0.2, 0.25) is 5.91 Å². The van der Waals surface area contributed by atoms with Gasteiger partial charge in [-0.1, -0.05) is 60.1 Å². The molecule has 0 aromatic carbocycles. The molecule has 0 saturated heterocycles. The average Bonchev–Trinajstić information content (AvgIpc) is 2.86. The highest BCUT2D eigenvalue weighted by Crippen LogP contribution is 2.75. The van der Waals surface area contributed by atoms with Crippen molar-refractivity contribution in [2.45, 2.75) is 106 Å². The van der Waals surface area contributed by atoms with Crippen LogP contribution in [-0.2, 0) is 14.4 Å². The Morgan fingerprint density at radius 2 is 1.65 bits per heavy atom. The second-order valence-corrected chi connectivity index (χ2v) is 16.4. The first-order valence-electron chi connectivity index (χ1n) is 15.5. The van der Waals surface area contributed by atoms with Crippen LogP contribution >= 0.6 is 0 Å². The number of nitriles is 1. The number of fused-ring (bicyclic) bond motifs is 7. The van der Waals surface area contributed by atoms with Crippen molar-refractivity contribution >= 4 is 17.5 Å².